The topological polar surface area (TPSA) is 34.1 Å². The molecule has 0 aromatic rings. The maximum Gasteiger partial charge on any atom is 0.140 e. The lowest BCUT2D eigenvalue weighted by Crippen LogP contribution is -2.37. The molecule has 0 aromatic carbocycles. The van der Waals surface area contributed by atoms with Gasteiger partial charge in [0.05, 0.1) is 0 Å². The van der Waals surface area contributed by atoms with Gasteiger partial charge in [-0.05, 0) is 84.8 Å². The van der Waals surface area contributed by atoms with Crippen molar-refractivity contribution in [3.05, 3.63) is 23.0 Å². The first kappa shape index (κ1) is 17.2. The van der Waals surface area contributed by atoms with Crippen LogP contribution in [-0.4, -0.2) is 22.1 Å². The van der Waals surface area contributed by atoms with Gasteiger partial charge in [-0.15, -0.1) is 23.5 Å². The van der Waals surface area contributed by atoms with Gasteiger partial charge in [0.1, 0.15) is 11.6 Å². The minimum atomic E-state index is 0.273. The third kappa shape index (κ3) is 2.10. The molecular formula is C24H28O2S2. The molecule has 5 fully saturated rings. The van der Waals surface area contributed by atoms with Gasteiger partial charge in [0, 0.05) is 34.2 Å². The van der Waals surface area contributed by atoms with E-state index in [1.165, 1.54) is 25.7 Å². The van der Waals surface area contributed by atoms with E-state index < -0.39 is 0 Å². The van der Waals surface area contributed by atoms with Gasteiger partial charge in [-0.2, -0.15) is 0 Å². The van der Waals surface area contributed by atoms with E-state index in [9.17, 15) is 9.59 Å². The van der Waals surface area contributed by atoms with Crippen LogP contribution < -0.4 is 0 Å². The molecule has 0 bridgehead atoms. The van der Waals surface area contributed by atoms with Crippen molar-refractivity contribution in [3.63, 3.8) is 0 Å². The molecule has 7 aliphatic rings. The van der Waals surface area contributed by atoms with Gasteiger partial charge < -0.3 is 0 Å². The summed E-state index contributed by atoms with van der Waals surface area (Å²) in [7, 11) is 0. The number of fused-ring (bicyclic) bond motifs is 10. The van der Waals surface area contributed by atoms with Gasteiger partial charge in [-0.25, -0.2) is 0 Å². The molecule has 0 aromatic heterocycles. The van der Waals surface area contributed by atoms with Crippen LogP contribution in [-0.2, 0) is 9.59 Å². The summed E-state index contributed by atoms with van der Waals surface area (Å²) >= 11 is 3.85. The lowest BCUT2D eigenvalue weighted by molar-refractivity contribution is -0.129. The van der Waals surface area contributed by atoms with Crippen molar-refractivity contribution in [1.82, 2.24) is 0 Å². The molecule has 2 aliphatic heterocycles. The summed E-state index contributed by atoms with van der Waals surface area (Å²) in [6.45, 7) is 0. The van der Waals surface area contributed by atoms with E-state index >= 15 is 0 Å². The van der Waals surface area contributed by atoms with Crippen LogP contribution in [0.3, 0.4) is 0 Å². The lowest BCUT2D eigenvalue weighted by atomic mass is 9.64. The normalized spacial score (nSPS) is 58.1. The average molecular weight is 413 g/mol. The third-order valence-electron chi connectivity index (χ3n) is 9.84. The van der Waals surface area contributed by atoms with E-state index in [1.54, 1.807) is 0 Å². The van der Waals surface area contributed by atoms with Crippen LogP contribution in [0.5, 0.6) is 0 Å². The molecule has 5 aliphatic carbocycles. The number of rotatable bonds is 0. The molecule has 0 radical (unpaired) electrons. The Morgan fingerprint density at radius 1 is 0.643 bits per heavy atom. The Morgan fingerprint density at radius 3 is 1.57 bits per heavy atom. The van der Waals surface area contributed by atoms with Crippen molar-refractivity contribution >= 4 is 35.1 Å². The van der Waals surface area contributed by atoms with E-state index in [0.29, 0.717) is 57.6 Å². The molecular weight excluding hydrogens is 384 g/mol. The quantitative estimate of drug-likeness (QED) is 0.564. The number of Topliss-reactive ketones (excluding diaryl/α,β-unsaturated/α-hetero) is 2. The largest absolute Gasteiger partial charge is 0.299 e. The van der Waals surface area contributed by atoms with Gasteiger partial charge >= 0.3 is 0 Å². The average Bonchev–Trinajstić information content (AvgIpc) is 3.46. The van der Waals surface area contributed by atoms with Crippen LogP contribution in [0.1, 0.15) is 38.5 Å². The van der Waals surface area contributed by atoms with Crippen molar-refractivity contribution in [2.75, 3.05) is 0 Å². The predicted octanol–water partition coefficient (Wildman–Crippen LogP) is 4.95. The highest BCUT2D eigenvalue weighted by atomic mass is 32.2. The monoisotopic (exact) mass is 412 g/mol. The van der Waals surface area contributed by atoms with Gasteiger partial charge in [-0.1, -0.05) is 12.2 Å². The van der Waals surface area contributed by atoms with E-state index in [4.69, 9.17) is 0 Å². The van der Waals surface area contributed by atoms with Crippen molar-refractivity contribution in [2.45, 2.75) is 49.0 Å². The molecule has 148 valence electrons. The highest BCUT2D eigenvalue weighted by Crippen LogP contribution is 2.64. The summed E-state index contributed by atoms with van der Waals surface area (Å²) in [5.74, 6) is 5.71. The Hall–Kier alpha value is -0.480. The molecule has 5 saturated carbocycles. The highest BCUT2D eigenvalue weighted by Gasteiger charge is 2.64. The first-order valence-electron chi connectivity index (χ1n) is 11.4. The minimum Gasteiger partial charge on any atom is -0.299 e. The van der Waals surface area contributed by atoms with E-state index in [0.717, 1.165) is 12.8 Å². The molecule has 0 saturated heterocycles. The predicted molar refractivity (Wildman–Crippen MR) is 114 cm³/mol. The van der Waals surface area contributed by atoms with Crippen LogP contribution in [0.2, 0.25) is 0 Å². The van der Waals surface area contributed by atoms with Gasteiger partial charge in [-0.3, -0.25) is 9.59 Å². The Balaban J connectivity index is 1.20. The van der Waals surface area contributed by atoms with Gasteiger partial charge in [0.2, 0.25) is 0 Å². The fraction of sp³-hybridized carbons (Fsp3) is 0.750. The fourth-order valence-electron chi connectivity index (χ4n) is 8.80. The Morgan fingerprint density at radius 2 is 1.11 bits per heavy atom. The summed E-state index contributed by atoms with van der Waals surface area (Å²) in [6.07, 6.45) is 11.7. The zero-order chi connectivity index (χ0) is 18.6. The minimum absolute atomic E-state index is 0.273. The summed E-state index contributed by atoms with van der Waals surface area (Å²) in [5.41, 5.74) is 0. The molecule has 0 N–H and O–H groups in total. The van der Waals surface area contributed by atoms with Crippen LogP contribution in [0.25, 0.3) is 0 Å². The van der Waals surface area contributed by atoms with Crippen molar-refractivity contribution in [3.8, 4) is 0 Å². The zero-order valence-corrected chi connectivity index (χ0v) is 17.7. The first-order chi connectivity index (χ1) is 13.7. The summed E-state index contributed by atoms with van der Waals surface area (Å²) < 4.78 is 0. The number of carbonyl (C=O) groups excluding carboxylic acids is 2. The summed E-state index contributed by atoms with van der Waals surface area (Å²) in [4.78, 5) is 27.2. The second kappa shape index (κ2) is 6.03. The van der Waals surface area contributed by atoms with Crippen molar-refractivity contribution in [2.24, 2.45) is 59.2 Å². The third-order valence-corrected chi connectivity index (χ3v) is 12.4. The lowest BCUT2D eigenvalue weighted by Gasteiger charge is -2.41. The van der Waals surface area contributed by atoms with E-state index in [1.807, 2.05) is 23.5 Å². The second-order valence-corrected chi connectivity index (χ2v) is 12.7. The Kier molecular flexibility index (Phi) is 3.71. The van der Waals surface area contributed by atoms with Crippen LogP contribution >= 0.6 is 23.5 Å². The standard InChI is InChI=1S/C24H28O2S2/c25-21-17-10-16-14-4-2-12-6-8-28-24(12)20(14)22(26)18(16)9-15(17)13-3-1-11-5-7-27-23(11)19(13)21/h5-8,11-20,23-24H,1-4,9-10H2. The van der Waals surface area contributed by atoms with E-state index in [-0.39, 0.29) is 23.7 Å². The smallest absolute Gasteiger partial charge is 0.140 e. The molecule has 7 rings (SSSR count). The zero-order valence-electron chi connectivity index (χ0n) is 16.1. The molecule has 28 heavy (non-hydrogen) atoms. The van der Waals surface area contributed by atoms with Gasteiger partial charge in [0.15, 0.2) is 0 Å². The Bertz CT molecular complexity index is 736. The second-order valence-electron chi connectivity index (χ2n) is 10.5. The maximum absolute atomic E-state index is 13.6. The number of carbonyl (C=O) groups is 2. The highest BCUT2D eigenvalue weighted by molar-refractivity contribution is 8.03. The molecule has 2 heterocycles. The van der Waals surface area contributed by atoms with Crippen molar-refractivity contribution in [1.29, 1.82) is 0 Å². The molecule has 12 atom stereocenters. The number of thioether (sulfide) groups is 2. The molecule has 0 amide bonds. The van der Waals surface area contributed by atoms with Crippen LogP contribution in [0.4, 0.5) is 0 Å². The molecule has 4 heteroatoms. The number of hydrogen-bond donors (Lipinski definition) is 0. The molecule has 0 spiro atoms. The maximum atomic E-state index is 13.6. The molecule has 12 unspecified atom stereocenters. The number of hydrogen-bond acceptors (Lipinski definition) is 4. The fourth-order valence-corrected chi connectivity index (χ4v) is 11.6. The van der Waals surface area contributed by atoms with E-state index in [2.05, 4.69) is 23.0 Å². The number of ketones is 2. The van der Waals surface area contributed by atoms with Gasteiger partial charge in [0.25, 0.3) is 0 Å². The Labute approximate surface area is 175 Å². The summed E-state index contributed by atoms with van der Waals surface area (Å²) in [6, 6.07) is 0. The molecule has 2 nitrogen and oxygen atoms in total. The van der Waals surface area contributed by atoms with Crippen molar-refractivity contribution < 1.29 is 9.59 Å². The summed E-state index contributed by atoms with van der Waals surface area (Å²) in [5, 5.41) is 5.52. The van der Waals surface area contributed by atoms with Crippen LogP contribution in [0, 0.1) is 59.2 Å². The van der Waals surface area contributed by atoms with Crippen LogP contribution in [0.15, 0.2) is 23.0 Å². The SMILES string of the molecule is O=C1C2CC3C(CC2C2CCC4C=CSC4C12)C(=O)C1C3CCC2C=CSC21. The number of allylic oxidation sites excluding steroid dienone is 2. The first-order valence-corrected chi connectivity index (χ1v) is 13.3.